The van der Waals surface area contributed by atoms with Gasteiger partial charge in [0.25, 0.3) is 0 Å². The van der Waals surface area contributed by atoms with Gasteiger partial charge in [0.15, 0.2) is 0 Å². The van der Waals surface area contributed by atoms with Gasteiger partial charge in [-0.25, -0.2) is 0 Å². The molecule has 1 atom stereocenters. The number of carboxylic acids is 1. The predicted molar refractivity (Wildman–Crippen MR) is 72.9 cm³/mol. The Kier molecular flexibility index (Phi) is 3.33. The molecule has 2 rings (SSSR count). The molecule has 0 amide bonds. The first-order valence-corrected chi connectivity index (χ1v) is 6.45. The van der Waals surface area contributed by atoms with Crippen LogP contribution in [0.25, 0.3) is 0 Å². The van der Waals surface area contributed by atoms with Gasteiger partial charge in [-0.1, -0.05) is 32.0 Å². The highest BCUT2D eigenvalue weighted by Gasteiger charge is 2.40. The van der Waals surface area contributed by atoms with Crippen molar-refractivity contribution in [3.63, 3.8) is 0 Å². The number of carbonyl (C=O) groups is 1. The van der Waals surface area contributed by atoms with Gasteiger partial charge in [0.1, 0.15) is 0 Å². The molecule has 0 saturated carbocycles. The lowest BCUT2D eigenvalue weighted by Gasteiger charge is -2.43. The lowest BCUT2D eigenvalue weighted by Crippen LogP contribution is -2.48. The number of piperidine rings is 1. The first-order chi connectivity index (χ1) is 8.42. The average molecular weight is 247 g/mol. The van der Waals surface area contributed by atoms with E-state index in [0.717, 1.165) is 19.5 Å². The molecule has 1 aromatic rings. The number of aryl methyl sites for hydroxylation is 1. The molecule has 98 valence electrons. The van der Waals surface area contributed by atoms with E-state index in [1.165, 1.54) is 11.3 Å². The summed E-state index contributed by atoms with van der Waals surface area (Å²) in [6, 6.07) is 8.30. The second-order valence-electron chi connectivity index (χ2n) is 5.88. The lowest BCUT2D eigenvalue weighted by molar-refractivity contribution is -0.146. The number of rotatable bonds is 2. The van der Waals surface area contributed by atoms with Gasteiger partial charge < -0.3 is 10.0 Å². The Morgan fingerprint density at radius 1 is 1.39 bits per heavy atom. The number of para-hydroxylation sites is 1. The first kappa shape index (κ1) is 12.9. The average Bonchev–Trinajstić information content (AvgIpc) is 2.27. The van der Waals surface area contributed by atoms with Crippen molar-refractivity contribution in [2.45, 2.75) is 27.2 Å². The third-order valence-corrected chi connectivity index (χ3v) is 3.98. The number of benzene rings is 1. The first-order valence-electron chi connectivity index (χ1n) is 6.45. The summed E-state index contributed by atoms with van der Waals surface area (Å²) in [6.07, 6.45) is 0.719. The smallest absolute Gasteiger partial charge is 0.307 e. The molecule has 1 fully saturated rings. The van der Waals surface area contributed by atoms with E-state index in [0.29, 0.717) is 0 Å². The Labute approximate surface area is 108 Å². The highest BCUT2D eigenvalue weighted by molar-refractivity contribution is 5.71. The van der Waals surface area contributed by atoms with Gasteiger partial charge >= 0.3 is 5.97 Å². The van der Waals surface area contributed by atoms with E-state index in [1.807, 2.05) is 12.1 Å². The fourth-order valence-corrected chi connectivity index (χ4v) is 2.94. The van der Waals surface area contributed by atoms with Crippen molar-refractivity contribution < 1.29 is 9.90 Å². The van der Waals surface area contributed by atoms with E-state index in [2.05, 4.69) is 37.8 Å². The number of anilines is 1. The highest BCUT2D eigenvalue weighted by atomic mass is 16.4. The van der Waals surface area contributed by atoms with Crippen LogP contribution in [0, 0.1) is 18.3 Å². The van der Waals surface area contributed by atoms with Crippen molar-refractivity contribution >= 4 is 11.7 Å². The van der Waals surface area contributed by atoms with Crippen molar-refractivity contribution in [1.82, 2.24) is 0 Å². The van der Waals surface area contributed by atoms with E-state index in [1.54, 1.807) is 0 Å². The molecule has 0 bridgehead atoms. The van der Waals surface area contributed by atoms with E-state index in [4.69, 9.17) is 0 Å². The van der Waals surface area contributed by atoms with Crippen LogP contribution < -0.4 is 4.90 Å². The van der Waals surface area contributed by atoms with E-state index >= 15 is 0 Å². The van der Waals surface area contributed by atoms with Gasteiger partial charge in [-0.15, -0.1) is 0 Å². The number of hydrogen-bond donors (Lipinski definition) is 1. The number of aliphatic carboxylic acids is 1. The molecular weight excluding hydrogens is 226 g/mol. The summed E-state index contributed by atoms with van der Waals surface area (Å²) < 4.78 is 0. The van der Waals surface area contributed by atoms with Crippen LogP contribution in [0.2, 0.25) is 0 Å². The van der Waals surface area contributed by atoms with E-state index in [-0.39, 0.29) is 11.3 Å². The normalized spacial score (nSPS) is 22.8. The van der Waals surface area contributed by atoms with Gasteiger partial charge in [-0.3, -0.25) is 4.79 Å². The fraction of sp³-hybridized carbons (Fsp3) is 0.533. The maximum Gasteiger partial charge on any atom is 0.307 e. The molecule has 0 spiro atoms. The van der Waals surface area contributed by atoms with Crippen molar-refractivity contribution in [2.24, 2.45) is 11.3 Å². The minimum atomic E-state index is -0.663. The summed E-state index contributed by atoms with van der Waals surface area (Å²) in [4.78, 5) is 13.6. The molecule has 0 aromatic heterocycles. The van der Waals surface area contributed by atoms with Crippen LogP contribution in [0.15, 0.2) is 24.3 Å². The molecule has 1 unspecified atom stereocenters. The summed E-state index contributed by atoms with van der Waals surface area (Å²) in [5, 5.41) is 9.27. The highest BCUT2D eigenvalue weighted by Crippen LogP contribution is 2.37. The molecule has 1 aliphatic heterocycles. The Bertz CT molecular complexity index is 454. The maximum atomic E-state index is 11.3. The maximum absolute atomic E-state index is 11.3. The Morgan fingerprint density at radius 3 is 2.61 bits per heavy atom. The summed E-state index contributed by atoms with van der Waals surface area (Å²) in [5.74, 6) is -0.901. The third kappa shape index (κ3) is 2.35. The fourth-order valence-electron chi connectivity index (χ4n) is 2.94. The monoisotopic (exact) mass is 247 g/mol. The second kappa shape index (κ2) is 4.63. The van der Waals surface area contributed by atoms with Gasteiger partial charge in [0.2, 0.25) is 0 Å². The Hall–Kier alpha value is -1.51. The molecule has 1 aromatic carbocycles. The van der Waals surface area contributed by atoms with Crippen LogP contribution in [0.3, 0.4) is 0 Å². The van der Waals surface area contributed by atoms with Gasteiger partial charge in [0, 0.05) is 18.8 Å². The molecule has 18 heavy (non-hydrogen) atoms. The van der Waals surface area contributed by atoms with Crippen LogP contribution in [0.1, 0.15) is 25.8 Å². The molecule has 0 radical (unpaired) electrons. The molecule has 0 aliphatic carbocycles. The van der Waals surface area contributed by atoms with Crippen LogP contribution in [-0.4, -0.2) is 24.2 Å². The lowest BCUT2D eigenvalue weighted by atomic mass is 9.73. The van der Waals surface area contributed by atoms with Crippen LogP contribution in [0.5, 0.6) is 0 Å². The number of nitrogens with zero attached hydrogens (tertiary/aromatic N) is 1. The largest absolute Gasteiger partial charge is 0.481 e. The summed E-state index contributed by atoms with van der Waals surface area (Å²) >= 11 is 0. The quantitative estimate of drug-likeness (QED) is 0.873. The topological polar surface area (TPSA) is 40.5 Å². The molecule has 1 aliphatic rings. The molecule has 1 saturated heterocycles. The minimum absolute atomic E-state index is 0.188. The zero-order chi connectivity index (χ0) is 13.3. The Morgan fingerprint density at radius 2 is 2.06 bits per heavy atom. The standard InChI is InChI=1S/C15H21NO2/c1-11-6-4-5-7-13(11)16-9-8-12(14(17)18)15(2,3)10-16/h4-7,12H,8-10H2,1-3H3,(H,17,18). The van der Waals surface area contributed by atoms with Crippen molar-refractivity contribution in [1.29, 1.82) is 0 Å². The van der Waals surface area contributed by atoms with Crippen molar-refractivity contribution in [3.8, 4) is 0 Å². The van der Waals surface area contributed by atoms with Gasteiger partial charge in [-0.2, -0.15) is 0 Å². The van der Waals surface area contributed by atoms with Crippen LogP contribution in [0.4, 0.5) is 5.69 Å². The summed E-state index contributed by atoms with van der Waals surface area (Å²) in [6.45, 7) is 7.83. The van der Waals surface area contributed by atoms with Crippen LogP contribution >= 0.6 is 0 Å². The molecule has 3 heteroatoms. The molecule has 1 N–H and O–H groups in total. The van der Waals surface area contributed by atoms with Gasteiger partial charge in [0.05, 0.1) is 5.92 Å². The minimum Gasteiger partial charge on any atom is -0.481 e. The van der Waals surface area contributed by atoms with Crippen LogP contribution in [-0.2, 0) is 4.79 Å². The van der Waals surface area contributed by atoms with E-state index < -0.39 is 5.97 Å². The number of hydrogen-bond acceptors (Lipinski definition) is 2. The zero-order valence-electron chi connectivity index (χ0n) is 11.3. The molecular formula is C15H21NO2. The molecule has 1 heterocycles. The summed E-state index contributed by atoms with van der Waals surface area (Å²) in [5.41, 5.74) is 2.29. The van der Waals surface area contributed by atoms with Crippen molar-refractivity contribution in [3.05, 3.63) is 29.8 Å². The Balaban J connectivity index is 2.21. The zero-order valence-corrected chi connectivity index (χ0v) is 11.3. The summed E-state index contributed by atoms with van der Waals surface area (Å²) in [7, 11) is 0. The second-order valence-corrected chi connectivity index (χ2v) is 5.88. The van der Waals surface area contributed by atoms with Crippen molar-refractivity contribution in [2.75, 3.05) is 18.0 Å². The predicted octanol–water partition coefficient (Wildman–Crippen LogP) is 2.93. The van der Waals surface area contributed by atoms with Gasteiger partial charge in [-0.05, 0) is 30.4 Å². The molecule has 3 nitrogen and oxygen atoms in total. The number of carboxylic acid groups (broad SMARTS) is 1. The van der Waals surface area contributed by atoms with E-state index in [9.17, 15) is 9.90 Å². The third-order valence-electron chi connectivity index (χ3n) is 3.98. The SMILES string of the molecule is Cc1ccccc1N1CCC(C(=O)O)C(C)(C)C1.